The Kier molecular flexibility index (Phi) is 9.80. The summed E-state index contributed by atoms with van der Waals surface area (Å²) in [6.45, 7) is 6.68. The Morgan fingerprint density at radius 2 is 1.71 bits per heavy atom. The van der Waals surface area contributed by atoms with Crippen molar-refractivity contribution in [1.82, 2.24) is 0 Å². The molecule has 0 atom stereocenters. The van der Waals surface area contributed by atoms with Gasteiger partial charge < -0.3 is 14.2 Å². The Morgan fingerprint density at radius 1 is 0.978 bits per heavy atom. The second-order valence-electron chi connectivity index (χ2n) is 11.1. The van der Waals surface area contributed by atoms with E-state index in [1.807, 2.05) is 61.5 Å². The van der Waals surface area contributed by atoms with E-state index in [2.05, 4.69) is 36.6 Å². The van der Waals surface area contributed by atoms with E-state index in [0.717, 1.165) is 37.5 Å². The van der Waals surface area contributed by atoms with Crippen LogP contribution in [0.2, 0.25) is 0 Å². The predicted octanol–water partition coefficient (Wildman–Crippen LogP) is 6.22. The van der Waals surface area contributed by atoms with Crippen LogP contribution >= 0.6 is 11.3 Å². The van der Waals surface area contributed by atoms with Gasteiger partial charge in [0.05, 0.1) is 21.6 Å². The molecule has 0 radical (unpaired) electrons. The first-order valence-electron chi connectivity index (χ1n) is 14.7. The van der Waals surface area contributed by atoms with Crippen LogP contribution in [0.15, 0.2) is 78.2 Å². The van der Waals surface area contributed by atoms with Gasteiger partial charge in [0.15, 0.2) is 12.3 Å². The Balaban J connectivity index is 1.53. The third-order valence-electron chi connectivity index (χ3n) is 7.81. The molecule has 1 N–H and O–H groups in total. The molecule has 0 unspecified atom stereocenters. The summed E-state index contributed by atoms with van der Waals surface area (Å²) in [6, 6.07) is 19.9. The Morgan fingerprint density at radius 3 is 2.40 bits per heavy atom. The molecule has 9 nitrogen and oxygen atoms in total. The summed E-state index contributed by atoms with van der Waals surface area (Å²) >= 11 is 1.62. The van der Waals surface area contributed by atoms with Gasteiger partial charge >= 0.3 is 0 Å². The normalized spacial score (nSPS) is 14.7. The van der Waals surface area contributed by atoms with Crippen molar-refractivity contribution in [3.8, 4) is 16.9 Å². The van der Waals surface area contributed by atoms with Gasteiger partial charge in [0.2, 0.25) is 11.4 Å². The van der Waals surface area contributed by atoms with E-state index >= 15 is 0 Å². The quantitative estimate of drug-likeness (QED) is 0.107. The molecular weight excluding hydrogens is 633 g/mol. The first-order valence-corrected chi connectivity index (χ1v) is 18.7. The van der Waals surface area contributed by atoms with Crippen molar-refractivity contribution in [2.45, 2.75) is 46.6 Å². The summed E-state index contributed by atoms with van der Waals surface area (Å²) in [5, 5.41) is 0.958. The highest BCUT2D eigenvalue weighted by molar-refractivity contribution is 7.86. The van der Waals surface area contributed by atoms with E-state index in [1.54, 1.807) is 16.2 Å². The van der Waals surface area contributed by atoms with Crippen LogP contribution in [0, 0.1) is 13.8 Å². The zero-order valence-electron chi connectivity index (χ0n) is 25.4. The molecule has 0 saturated heterocycles. The summed E-state index contributed by atoms with van der Waals surface area (Å²) in [5.74, 6) is 0.172. The highest BCUT2D eigenvalue weighted by atomic mass is 32.2. The molecule has 1 aliphatic heterocycles. The van der Waals surface area contributed by atoms with E-state index in [1.165, 1.54) is 5.56 Å². The zero-order chi connectivity index (χ0) is 32.4. The Labute approximate surface area is 268 Å². The second-order valence-corrected chi connectivity index (χ2v) is 15.3. The maximum atomic E-state index is 11.8. The number of thiazole rings is 1. The molecule has 0 saturated carbocycles. The summed E-state index contributed by atoms with van der Waals surface area (Å²) in [6.07, 6.45) is 5.40. The van der Waals surface area contributed by atoms with Gasteiger partial charge in [0.1, 0.15) is 4.70 Å². The lowest BCUT2D eigenvalue weighted by molar-refractivity contribution is -0.669. The van der Waals surface area contributed by atoms with Crippen LogP contribution in [-0.4, -0.2) is 44.0 Å². The van der Waals surface area contributed by atoms with Crippen LogP contribution < -0.4 is 14.2 Å². The first kappa shape index (κ1) is 32.8. The SMILES string of the molecule is CCC(=C/c1sc2cc(C)c(C)cc2[n+]1CCCCS(=O)(=O)[O-])/C=C1\Oc2ccc(-c3ccccc3)cc2N1CCS(=O)(=O)O. The van der Waals surface area contributed by atoms with E-state index < -0.39 is 31.7 Å². The van der Waals surface area contributed by atoms with Gasteiger partial charge in [-0.3, -0.25) is 4.55 Å². The molecule has 0 fully saturated rings. The van der Waals surface area contributed by atoms with Crippen LogP contribution in [0.4, 0.5) is 5.69 Å². The van der Waals surface area contributed by atoms with Gasteiger partial charge in [-0.05, 0) is 72.7 Å². The van der Waals surface area contributed by atoms with Crippen molar-refractivity contribution >= 4 is 53.6 Å². The third-order valence-corrected chi connectivity index (χ3v) is 10.4. The molecule has 238 valence electrons. The number of hydrogen-bond donors (Lipinski definition) is 1. The average molecular weight is 669 g/mol. The number of anilines is 1. The largest absolute Gasteiger partial charge is 0.748 e. The highest BCUT2D eigenvalue weighted by Gasteiger charge is 2.28. The number of rotatable bonds is 12. The van der Waals surface area contributed by atoms with E-state index in [9.17, 15) is 25.9 Å². The van der Waals surface area contributed by atoms with Gasteiger partial charge in [-0.15, -0.1) is 0 Å². The summed E-state index contributed by atoms with van der Waals surface area (Å²) < 4.78 is 76.1. The van der Waals surface area contributed by atoms with Gasteiger partial charge in [0, 0.05) is 36.9 Å². The second kappa shape index (κ2) is 13.4. The third kappa shape index (κ3) is 8.19. The molecule has 45 heavy (non-hydrogen) atoms. The lowest BCUT2D eigenvalue weighted by Crippen LogP contribution is -2.35. The molecule has 0 amide bonds. The van der Waals surface area contributed by atoms with Crippen LogP contribution in [0.5, 0.6) is 5.75 Å². The monoisotopic (exact) mass is 668 g/mol. The van der Waals surface area contributed by atoms with Gasteiger partial charge in [-0.25, -0.2) is 8.42 Å². The number of hydrogen-bond acceptors (Lipinski definition) is 8. The summed E-state index contributed by atoms with van der Waals surface area (Å²) in [4.78, 5) is 1.77. The number of fused-ring (bicyclic) bond motifs is 2. The van der Waals surface area contributed by atoms with E-state index in [-0.39, 0.29) is 13.0 Å². The highest BCUT2D eigenvalue weighted by Crippen LogP contribution is 2.42. The number of nitrogens with zero attached hydrogens (tertiary/aromatic N) is 2. The zero-order valence-corrected chi connectivity index (χ0v) is 27.8. The topological polar surface area (TPSA) is 128 Å². The number of allylic oxidation sites excluding steroid dienone is 2. The fraction of sp³-hybridized carbons (Fsp3) is 0.303. The van der Waals surface area contributed by atoms with E-state index in [0.29, 0.717) is 36.7 Å². The standard InChI is InChI=1S/C33H36N2O7S3/c1-4-25(21-33-35(14-8-9-16-44(36,37)38)29-18-23(2)24(3)19-31(29)43-33)20-32-34(15-17-45(39,40)41)28-22-27(12-13-30(28)42-32)26-10-6-5-7-11-26/h5-7,10-13,18-22H,4,8-9,14-17H2,1-3H3,(H-,36,37,38,39,40,41). The maximum Gasteiger partial charge on any atom is 0.266 e. The lowest BCUT2D eigenvalue weighted by Gasteiger charge is -2.18. The first-order chi connectivity index (χ1) is 21.3. The lowest BCUT2D eigenvalue weighted by atomic mass is 10.0. The van der Waals surface area contributed by atoms with Gasteiger partial charge in [0.25, 0.3) is 15.1 Å². The molecular formula is C33H36N2O7S3. The fourth-order valence-corrected chi connectivity index (χ4v) is 7.48. The minimum Gasteiger partial charge on any atom is -0.748 e. The van der Waals surface area contributed by atoms with Crippen LogP contribution in [0.1, 0.15) is 42.3 Å². The van der Waals surface area contributed by atoms with Crippen molar-refractivity contribution < 1.29 is 35.2 Å². The number of aromatic nitrogens is 1. The molecule has 1 aromatic heterocycles. The Hall–Kier alpha value is -3.55. The molecule has 0 aliphatic carbocycles. The molecule has 12 heteroatoms. The molecule has 0 spiro atoms. The van der Waals surface area contributed by atoms with Crippen molar-refractivity contribution in [1.29, 1.82) is 0 Å². The fourth-order valence-electron chi connectivity index (χ4n) is 5.26. The van der Waals surface area contributed by atoms with Crippen LogP contribution in [0.3, 0.4) is 0 Å². The minimum atomic E-state index is -4.28. The van der Waals surface area contributed by atoms with Gasteiger partial charge in [-0.1, -0.05) is 54.7 Å². The molecule has 0 bridgehead atoms. The van der Waals surface area contributed by atoms with Crippen LogP contribution in [0.25, 0.3) is 27.4 Å². The van der Waals surface area contributed by atoms with Crippen molar-refractivity contribution in [2.75, 3.05) is 23.0 Å². The molecule has 4 aromatic rings. The summed E-state index contributed by atoms with van der Waals surface area (Å²) in [7, 11) is -8.50. The molecule has 5 rings (SSSR count). The number of ether oxygens (including phenoxy) is 1. The minimum absolute atomic E-state index is 0.00301. The molecule has 2 heterocycles. The van der Waals surface area contributed by atoms with Crippen molar-refractivity contribution in [3.05, 3.63) is 94.3 Å². The molecule has 1 aliphatic rings. The number of aryl methyl sites for hydroxylation is 3. The summed E-state index contributed by atoms with van der Waals surface area (Å²) in [5.41, 5.74) is 6.94. The molecule has 3 aromatic carbocycles. The number of benzene rings is 3. The van der Waals surface area contributed by atoms with E-state index in [4.69, 9.17) is 4.74 Å². The smallest absolute Gasteiger partial charge is 0.266 e. The average Bonchev–Trinajstić information content (AvgIpc) is 3.49. The van der Waals surface area contributed by atoms with Crippen LogP contribution in [-0.2, 0) is 26.8 Å². The van der Waals surface area contributed by atoms with Gasteiger partial charge in [-0.2, -0.15) is 13.0 Å². The van der Waals surface area contributed by atoms with Crippen molar-refractivity contribution in [2.24, 2.45) is 0 Å². The van der Waals surface area contributed by atoms with Crippen molar-refractivity contribution in [3.63, 3.8) is 0 Å². The Bertz CT molecular complexity index is 2000. The maximum absolute atomic E-state index is 11.8. The number of unbranched alkanes of at least 4 members (excludes halogenated alkanes) is 1. The predicted molar refractivity (Wildman–Crippen MR) is 178 cm³/mol.